The first-order valence-electron chi connectivity index (χ1n) is 5.31. The minimum atomic E-state index is -0.944. The van der Waals surface area contributed by atoms with Crippen LogP contribution >= 0.6 is 22.7 Å². The van der Waals surface area contributed by atoms with Crippen molar-refractivity contribution >= 4 is 45.8 Å². The average Bonchev–Trinajstić information content (AvgIpc) is 2.97. The third kappa shape index (κ3) is 4.31. The number of hydrogen-bond donors (Lipinski definition) is 2. The van der Waals surface area contributed by atoms with E-state index in [4.69, 9.17) is 5.11 Å². The lowest BCUT2D eigenvalue weighted by atomic mass is 10.3. The van der Waals surface area contributed by atoms with Gasteiger partial charge in [0.1, 0.15) is 0 Å². The Kier molecular flexibility index (Phi) is 4.43. The SMILES string of the molecule is O=C(O)Cc1csc(NC(=O)/C=C/c2ccsc2)n1. The second-order valence-corrected chi connectivity index (χ2v) is 5.23. The predicted octanol–water partition coefficient (Wildman–Crippen LogP) is 2.48. The molecule has 0 saturated heterocycles. The molecule has 2 heterocycles. The third-order valence-electron chi connectivity index (χ3n) is 2.08. The molecular formula is C12H10N2O3S2. The molecule has 2 rings (SSSR count). The van der Waals surface area contributed by atoms with Gasteiger partial charge in [0.15, 0.2) is 5.13 Å². The maximum Gasteiger partial charge on any atom is 0.309 e. The lowest BCUT2D eigenvalue weighted by Gasteiger charge is -1.95. The molecule has 0 saturated carbocycles. The number of rotatable bonds is 5. The molecule has 7 heteroatoms. The average molecular weight is 294 g/mol. The predicted molar refractivity (Wildman–Crippen MR) is 75.4 cm³/mol. The summed E-state index contributed by atoms with van der Waals surface area (Å²) in [6.45, 7) is 0. The summed E-state index contributed by atoms with van der Waals surface area (Å²) in [6, 6.07) is 1.91. The highest BCUT2D eigenvalue weighted by atomic mass is 32.1. The summed E-state index contributed by atoms with van der Waals surface area (Å²) in [6.07, 6.45) is 2.98. The number of carbonyl (C=O) groups excluding carboxylic acids is 1. The van der Waals surface area contributed by atoms with E-state index in [1.54, 1.807) is 22.8 Å². The molecule has 0 unspecified atom stereocenters. The second kappa shape index (κ2) is 6.26. The van der Waals surface area contributed by atoms with E-state index in [9.17, 15) is 9.59 Å². The molecule has 2 aromatic rings. The molecule has 0 atom stereocenters. The van der Waals surface area contributed by atoms with Crippen LogP contribution in [0, 0.1) is 0 Å². The van der Waals surface area contributed by atoms with Gasteiger partial charge in [-0.3, -0.25) is 14.9 Å². The minimum absolute atomic E-state index is 0.142. The van der Waals surface area contributed by atoms with E-state index in [1.807, 2.05) is 16.8 Å². The molecule has 1 amide bonds. The quantitative estimate of drug-likeness (QED) is 0.830. The van der Waals surface area contributed by atoms with Crippen LogP contribution in [0.3, 0.4) is 0 Å². The van der Waals surface area contributed by atoms with Crippen molar-refractivity contribution in [3.8, 4) is 0 Å². The van der Waals surface area contributed by atoms with Crippen LogP contribution in [0.15, 0.2) is 28.3 Å². The Morgan fingerprint density at radius 3 is 2.95 bits per heavy atom. The van der Waals surface area contributed by atoms with Gasteiger partial charge in [-0.2, -0.15) is 11.3 Å². The summed E-state index contributed by atoms with van der Waals surface area (Å²) < 4.78 is 0. The molecule has 0 fully saturated rings. The zero-order valence-corrected chi connectivity index (χ0v) is 11.3. The maximum atomic E-state index is 11.6. The number of aliphatic carboxylic acids is 1. The molecular weight excluding hydrogens is 284 g/mol. The first-order valence-corrected chi connectivity index (χ1v) is 7.13. The van der Waals surface area contributed by atoms with Gasteiger partial charge in [0.05, 0.1) is 12.1 Å². The summed E-state index contributed by atoms with van der Waals surface area (Å²) in [5, 5.41) is 17.1. The Balaban J connectivity index is 1.91. The van der Waals surface area contributed by atoms with Crippen LogP contribution in [-0.2, 0) is 16.0 Å². The Hall–Kier alpha value is -1.99. The number of hydrogen-bond acceptors (Lipinski definition) is 5. The zero-order valence-electron chi connectivity index (χ0n) is 9.70. The normalized spacial score (nSPS) is 10.7. The molecule has 0 aliphatic carbocycles. The number of nitrogens with one attached hydrogen (secondary N) is 1. The summed E-state index contributed by atoms with van der Waals surface area (Å²) in [4.78, 5) is 26.1. The van der Waals surface area contributed by atoms with Gasteiger partial charge in [0, 0.05) is 11.5 Å². The Bertz CT molecular complexity index is 602. The molecule has 0 aliphatic heterocycles. The number of carboxylic acids is 1. The van der Waals surface area contributed by atoms with E-state index in [0.29, 0.717) is 10.8 Å². The van der Waals surface area contributed by atoms with Crippen molar-refractivity contribution in [1.29, 1.82) is 0 Å². The summed E-state index contributed by atoms with van der Waals surface area (Å²) >= 11 is 2.76. The topological polar surface area (TPSA) is 79.3 Å². The number of aromatic nitrogens is 1. The fraction of sp³-hybridized carbons (Fsp3) is 0.0833. The van der Waals surface area contributed by atoms with E-state index < -0.39 is 5.97 Å². The standard InChI is InChI=1S/C12H10N2O3S2/c15-10(2-1-8-3-4-18-6-8)14-12-13-9(7-19-12)5-11(16)17/h1-4,6-7H,5H2,(H,16,17)(H,13,14,15)/b2-1+. The number of carbonyl (C=O) groups is 2. The van der Waals surface area contributed by atoms with Gasteiger partial charge in [0.2, 0.25) is 5.91 Å². The van der Waals surface area contributed by atoms with Crippen LogP contribution in [0.2, 0.25) is 0 Å². The lowest BCUT2D eigenvalue weighted by Crippen LogP contribution is -2.08. The van der Waals surface area contributed by atoms with Crippen LogP contribution in [0.25, 0.3) is 6.08 Å². The highest BCUT2D eigenvalue weighted by Crippen LogP contribution is 2.16. The van der Waals surface area contributed by atoms with Crippen LogP contribution in [-0.4, -0.2) is 22.0 Å². The number of anilines is 1. The van der Waals surface area contributed by atoms with Crippen molar-refractivity contribution in [1.82, 2.24) is 4.98 Å². The number of thiophene rings is 1. The first kappa shape index (κ1) is 13.4. The fourth-order valence-electron chi connectivity index (χ4n) is 1.29. The van der Waals surface area contributed by atoms with E-state index in [2.05, 4.69) is 10.3 Å². The summed E-state index contributed by atoms with van der Waals surface area (Å²) in [7, 11) is 0. The van der Waals surface area contributed by atoms with Gasteiger partial charge in [-0.05, 0) is 28.5 Å². The van der Waals surface area contributed by atoms with E-state index in [0.717, 1.165) is 5.56 Å². The van der Waals surface area contributed by atoms with E-state index >= 15 is 0 Å². The highest BCUT2D eigenvalue weighted by molar-refractivity contribution is 7.14. The number of nitrogens with zero attached hydrogens (tertiary/aromatic N) is 1. The summed E-state index contributed by atoms with van der Waals surface area (Å²) in [5.74, 6) is -1.23. The fourth-order valence-corrected chi connectivity index (χ4v) is 2.63. The molecule has 19 heavy (non-hydrogen) atoms. The Morgan fingerprint density at radius 1 is 1.42 bits per heavy atom. The minimum Gasteiger partial charge on any atom is -0.481 e. The molecule has 0 aliphatic rings. The van der Waals surface area contributed by atoms with Gasteiger partial charge in [-0.25, -0.2) is 4.98 Å². The first-order chi connectivity index (χ1) is 9.13. The van der Waals surface area contributed by atoms with Gasteiger partial charge in [0.25, 0.3) is 0 Å². The van der Waals surface area contributed by atoms with Crippen LogP contribution in [0.1, 0.15) is 11.3 Å². The molecule has 98 valence electrons. The van der Waals surface area contributed by atoms with Gasteiger partial charge in [-0.15, -0.1) is 11.3 Å². The summed E-state index contributed by atoms with van der Waals surface area (Å²) in [5.41, 5.74) is 1.40. The molecule has 0 radical (unpaired) electrons. The molecule has 2 aromatic heterocycles. The van der Waals surface area contributed by atoms with Crippen molar-refractivity contribution in [2.45, 2.75) is 6.42 Å². The van der Waals surface area contributed by atoms with E-state index in [1.165, 1.54) is 17.4 Å². The number of carboxylic acid groups (broad SMARTS) is 1. The van der Waals surface area contributed by atoms with Crippen molar-refractivity contribution < 1.29 is 14.7 Å². The molecule has 5 nitrogen and oxygen atoms in total. The molecule has 0 spiro atoms. The van der Waals surface area contributed by atoms with Crippen LogP contribution < -0.4 is 5.32 Å². The zero-order chi connectivity index (χ0) is 13.7. The van der Waals surface area contributed by atoms with Crippen LogP contribution in [0.4, 0.5) is 5.13 Å². The van der Waals surface area contributed by atoms with Crippen molar-refractivity contribution in [2.24, 2.45) is 0 Å². The largest absolute Gasteiger partial charge is 0.481 e. The van der Waals surface area contributed by atoms with Gasteiger partial charge < -0.3 is 5.11 Å². The smallest absolute Gasteiger partial charge is 0.309 e. The van der Waals surface area contributed by atoms with Crippen LogP contribution in [0.5, 0.6) is 0 Å². The van der Waals surface area contributed by atoms with Crippen molar-refractivity contribution in [3.05, 3.63) is 39.5 Å². The lowest BCUT2D eigenvalue weighted by molar-refractivity contribution is -0.136. The second-order valence-electron chi connectivity index (χ2n) is 3.59. The van der Waals surface area contributed by atoms with Crippen molar-refractivity contribution in [2.75, 3.05) is 5.32 Å². The third-order valence-corrected chi connectivity index (χ3v) is 3.59. The number of amides is 1. The Labute approximate surface area is 117 Å². The molecule has 0 bridgehead atoms. The number of thiazole rings is 1. The van der Waals surface area contributed by atoms with Gasteiger partial charge in [-0.1, -0.05) is 0 Å². The Morgan fingerprint density at radius 2 is 2.26 bits per heavy atom. The molecule has 2 N–H and O–H groups in total. The maximum absolute atomic E-state index is 11.6. The monoisotopic (exact) mass is 294 g/mol. The van der Waals surface area contributed by atoms with Gasteiger partial charge >= 0.3 is 5.97 Å². The van der Waals surface area contributed by atoms with Crippen molar-refractivity contribution in [3.63, 3.8) is 0 Å². The van der Waals surface area contributed by atoms with E-state index in [-0.39, 0.29) is 12.3 Å². The molecule has 0 aromatic carbocycles. The highest BCUT2D eigenvalue weighted by Gasteiger charge is 2.07.